The molecule has 0 spiro atoms. The number of rotatable bonds is 0. The summed E-state index contributed by atoms with van der Waals surface area (Å²) in [6.07, 6.45) is 8.97. The summed E-state index contributed by atoms with van der Waals surface area (Å²) in [4.78, 5) is 0. The molecule has 0 bridgehead atoms. The van der Waals surface area contributed by atoms with E-state index in [9.17, 15) is 0 Å². The van der Waals surface area contributed by atoms with E-state index in [0.717, 1.165) is 18.3 Å². The van der Waals surface area contributed by atoms with Crippen molar-refractivity contribution in [3.63, 3.8) is 0 Å². The Morgan fingerprint density at radius 3 is 2.80 bits per heavy atom. The minimum Gasteiger partial charge on any atom is -0.0993 e. The van der Waals surface area contributed by atoms with E-state index in [2.05, 4.69) is 33.4 Å². The predicted molar refractivity (Wildman–Crippen MR) is 66.7 cm³/mol. The maximum absolute atomic E-state index is 4.30. The van der Waals surface area contributed by atoms with Gasteiger partial charge in [-0.1, -0.05) is 37.6 Å². The van der Waals surface area contributed by atoms with Crippen LogP contribution < -0.4 is 0 Å². The summed E-state index contributed by atoms with van der Waals surface area (Å²) in [7, 11) is 0. The van der Waals surface area contributed by atoms with Crippen molar-refractivity contribution in [3.8, 4) is 0 Å². The van der Waals surface area contributed by atoms with Crippen LogP contribution in [-0.4, -0.2) is 0 Å². The molecule has 1 saturated carbocycles. The van der Waals surface area contributed by atoms with Gasteiger partial charge < -0.3 is 0 Å². The van der Waals surface area contributed by atoms with Crippen LogP contribution in [-0.2, 0) is 0 Å². The van der Waals surface area contributed by atoms with E-state index in [1.165, 1.54) is 31.3 Å². The van der Waals surface area contributed by atoms with Crippen LogP contribution in [0.4, 0.5) is 0 Å². The average Bonchev–Trinajstić information content (AvgIpc) is 2.21. The Bertz CT molecular complexity index is 293. The molecule has 2 rings (SSSR count). The van der Waals surface area contributed by atoms with Crippen molar-refractivity contribution < 1.29 is 0 Å². The summed E-state index contributed by atoms with van der Waals surface area (Å²) in [5.74, 6) is 1.73. The van der Waals surface area contributed by atoms with Crippen molar-refractivity contribution in [1.29, 1.82) is 0 Å². The second kappa shape index (κ2) is 3.81. The first-order valence-corrected chi connectivity index (χ1v) is 6.34. The molecule has 2 atom stereocenters. The van der Waals surface area contributed by atoms with E-state index in [4.69, 9.17) is 0 Å². The fourth-order valence-electron chi connectivity index (χ4n) is 3.42. The summed E-state index contributed by atoms with van der Waals surface area (Å²) in [6, 6.07) is 0. The maximum Gasteiger partial charge on any atom is -0.0136 e. The molecule has 0 amide bonds. The van der Waals surface area contributed by atoms with Crippen LogP contribution in [0.1, 0.15) is 52.9 Å². The largest absolute Gasteiger partial charge is 0.0993 e. The second-order valence-corrected chi connectivity index (χ2v) is 6.21. The van der Waals surface area contributed by atoms with E-state index >= 15 is 0 Å². The summed E-state index contributed by atoms with van der Waals surface area (Å²) >= 11 is 0. The molecule has 84 valence electrons. The molecule has 1 fully saturated rings. The molecule has 2 unspecified atom stereocenters. The van der Waals surface area contributed by atoms with Gasteiger partial charge in [0.15, 0.2) is 0 Å². The quantitative estimate of drug-likeness (QED) is 0.501. The number of hydrogen-bond acceptors (Lipinski definition) is 0. The van der Waals surface area contributed by atoms with Gasteiger partial charge in [0.1, 0.15) is 0 Å². The third kappa shape index (κ3) is 2.04. The third-order valence-electron chi connectivity index (χ3n) is 4.56. The lowest BCUT2D eigenvalue weighted by molar-refractivity contribution is 0.00293. The topological polar surface area (TPSA) is 0 Å². The Hall–Kier alpha value is -0.520. The van der Waals surface area contributed by atoms with Gasteiger partial charge in [-0.15, -0.1) is 0 Å². The number of hydrogen-bond donors (Lipinski definition) is 0. The number of fused-ring (bicyclic) bond motifs is 1. The molecule has 0 aliphatic heterocycles. The number of allylic oxidation sites excluding steroid dienone is 3. The lowest BCUT2D eigenvalue weighted by Gasteiger charge is -2.53. The molecule has 0 saturated heterocycles. The van der Waals surface area contributed by atoms with Crippen molar-refractivity contribution in [2.24, 2.45) is 17.3 Å². The van der Waals surface area contributed by atoms with E-state index in [1.807, 2.05) is 0 Å². The van der Waals surface area contributed by atoms with Gasteiger partial charge in [-0.2, -0.15) is 0 Å². The molecular formula is C15H24. The SMILES string of the molecule is C=C1CC=C(C)CCCC2C1CC2(C)C. The van der Waals surface area contributed by atoms with E-state index < -0.39 is 0 Å². The predicted octanol–water partition coefficient (Wildman–Crippen LogP) is 4.73. The summed E-state index contributed by atoms with van der Waals surface area (Å²) in [6.45, 7) is 11.4. The van der Waals surface area contributed by atoms with E-state index in [1.54, 1.807) is 5.57 Å². The first kappa shape index (κ1) is 11.0. The van der Waals surface area contributed by atoms with Gasteiger partial charge in [0.05, 0.1) is 0 Å². The van der Waals surface area contributed by atoms with Gasteiger partial charge in [-0.25, -0.2) is 0 Å². The second-order valence-electron chi connectivity index (χ2n) is 6.21. The molecule has 2 aliphatic carbocycles. The monoisotopic (exact) mass is 204 g/mol. The Morgan fingerprint density at radius 2 is 2.13 bits per heavy atom. The minimum absolute atomic E-state index is 0.575. The smallest absolute Gasteiger partial charge is 0.0136 e. The normalized spacial score (nSPS) is 35.4. The van der Waals surface area contributed by atoms with Gasteiger partial charge in [-0.3, -0.25) is 0 Å². The van der Waals surface area contributed by atoms with Crippen LogP contribution in [0.15, 0.2) is 23.8 Å². The van der Waals surface area contributed by atoms with Crippen molar-refractivity contribution in [1.82, 2.24) is 0 Å². The molecule has 0 radical (unpaired) electrons. The van der Waals surface area contributed by atoms with Gasteiger partial charge >= 0.3 is 0 Å². The van der Waals surface area contributed by atoms with Gasteiger partial charge in [0.25, 0.3) is 0 Å². The molecule has 0 aromatic rings. The Labute approximate surface area is 94.5 Å². The van der Waals surface area contributed by atoms with Crippen molar-refractivity contribution in [3.05, 3.63) is 23.8 Å². The Balaban J connectivity index is 2.11. The summed E-state index contributed by atoms with van der Waals surface area (Å²) in [5, 5.41) is 0. The van der Waals surface area contributed by atoms with Crippen molar-refractivity contribution in [2.75, 3.05) is 0 Å². The van der Waals surface area contributed by atoms with E-state index in [-0.39, 0.29) is 0 Å². The molecule has 15 heavy (non-hydrogen) atoms. The first-order valence-electron chi connectivity index (χ1n) is 6.34. The Kier molecular flexibility index (Phi) is 2.79. The highest BCUT2D eigenvalue weighted by Crippen LogP contribution is 2.56. The lowest BCUT2D eigenvalue weighted by atomic mass is 9.52. The molecule has 0 aromatic carbocycles. The fourth-order valence-corrected chi connectivity index (χ4v) is 3.42. The highest BCUT2D eigenvalue weighted by molar-refractivity contribution is 5.18. The Morgan fingerprint density at radius 1 is 1.40 bits per heavy atom. The average molecular weight is 204 g/mol. The molecule has 0 heterocycles. The van der Waals surface area contributed by atoms with Crippen molar-refractivity contribution >= 4 is 0 Å². The molecular weight excluding hydrogens is 180 g/mol. The van der Waals surface area contributed by atoms with Crippen LogP contribution in [0, 0.1) is 17.3 Å². The molecule has 0 N–H and O–H groups in total. The zero-order valence-electron chi connectivity index (χ0n) is 10.5. The van der Waals surface area contributed by atoms with Gasteiger partial charge in [-0.05, 0) is 56.3 Å². The summed E-state index contributed by atoms with van der Waals surface area (Å²) < 4.78 is 0. The van der Waals surface area contributed by atoms with Crippen LogP contribution >= 0.6 is 0 Å². The molecule has 2 aliphatic rings. The highest BCUT2D eigenvalue weighted by Gasteiger charge is 2.47. The maximum atomic E-state index is 4.30. The molecule has 0 nitrogen and oxygen atoms in total. The fraction of sp³-hybridized carbons (Fsp3) is 0.733. The summed E-state index contributed by atoms with van der Waals surface area (Å²) in [5.41, 5.74) is 3.63. The van der Waals surface area contributed by atoms with Gasteiger partial charge in [0.2, 0.25) is 0 Å². The molecule has 0 heteroatoms. The van der Waals surface area contributed by atoms with Crippen LogP contribution in [0.3, 0.4) is 0 Å². The van der Waals surface area contributed by atoms with Crippen molar-refractivity contribution in [2.45, 2.75) is 52.9 Å². The van der Waals surface area contributed by atoms with Gasteiger partial charge in [0, 0.05) is 0 Å². The van der Waals surface area contributed by atoms with Crippen LogP contribution in [0.2, 0.25) is 0 Å². The zero-order chi connectivity index (χ0) is 11.1. The third-order valence-corrected chi connectivity index (χ3v) is 4.56. The zero-order valence-corrected chi connectivity index (χ0v) is 10.5. The highest BCUT2D eigenvalue weighted by atomic mass is 14.5. The van der Waals surface area contributed by atoms with Crippen LogP contribution in [0.25, 0.3) is 0 Å². The lowest BCUT2D eigenvalue weighted by Crippen LogP contribution is -2.44. The molecule has 0 aromatic heterocycles. The standard InChI is InChI=1S/C15H24/c1-11-6-5-7-14-13(10-15(14,3)4)12(2)9-8-11/h8,13-14H,2,5-7,9-10H2,1,3-4H3. The van der Waals surface area contributed by atoms with Crippen LogP contribution in [0.5, 0.6) is 0 Å². The first-order chi connectivity index (χ1) is 7.00. The van der Waals surface area contributed by atoms with E-state index in [0.29, 0.717) is 5.41 Å². The minimum atomic E-state index is 0.575.